The van der Waals surface area contributed by atoms with Gasteiger partial charge in [0.05, 0.1) is 12.7 Å². The van der Waals surface area contributed by atoms with Crippen LogP contribution in [0.3, 0.4) is 0 Å². The van der Waals surface area contributed by atoms with Gasteiger partial charge >= 0.3 is 13.2 Å². The van der Waals surface area contributed by atoms with Gasteiger partial charge < -0.3 is 29.2 Å². The van der Waals surface area contributed by atoms with Gasteiger partial charge in [-0.3, -0.25) is 0 Å². The first kappa shape index (κ1) is 18.0. The van der Waals surface area contributed by atoms with E-state index in [0.717, 1.165) is 11.0 Å². The van der Waals surface area contributed by atoms with Gasteiger partial charge in [0.1, 0.15) is 23.6 Å². The average molecular weight is 349 g/mol. The van der Waals surface area contributed by atoms with Crippen molar-refractivity contribution in [2.75, 3.05) is 19.8 Å². The second-order valence-corrected chi connectivity index (χ2v) is 7.61. The second-order valence-electron chi connectivity index (χ2n) is 7.61. The molecule has 0 aliphatic carbocycles. The Morgan fingerprint density at radius 1 is 1.48 bits per heavy atom. The molecule has 0 spiro atoms. The monoisotopic (exact) mass is 349 g/mol. The Bertz CT molecular complexity index is 661. The van der Waals surface area contributed by atoms with Crippen LogP contribution in [0.1, 0.15) is 39.4 Å². The van der Waals surface area contributed by atoms with E-state index in [4.69, 9.17) is 18.8 Å². The molecule has 0 saturated carbocycles. The van der Waals surface area contributed by atoms with Crippen molar-refractivity contribution in [2.45, 2.75) is 45.0 Å². The lowest BCUT2D eigenvalue weighted by Crippen LogP contribution is -2.45. The molecular formula is C17H24BNO6. The summed E-state index contributed by atoms with van der Waals surface area (Å²) in [6.45, 7) is 7.50. The van der Waals surface area contributed by atoms with Crippen molar-refractivity contribution in [1.29, 1.82) is 0 Å². The number of aliphatic hydroxyl groups excluding tert-OH is 1. The largest absolute Gasteiger partial charge is 0.499 e. The average Bonchev–Trinajstić information content (AvgIpc) is 2.79. The molecule has 2 unspecified atom stereocenters. The van der Waals surface area contributed by atoms with Crippen LogP contribution in [-0.4, -0.2) is 49.3 Å². The summed E-state index contributed by atoms with van der Waals surface area (Å²) in [5.41, 5.74) is 0.306. The Balaban J connectivity index is 1.75. The van der Waals surface area contributed by atoms with Crippen LogP contribution in [0.4, 0.5) is 4.79 Å². The molecule has 0 aromatic heterocycles. The van der Waals surface area contributed by atoms with E-state index < -0.39 is 24.4 Å². The molecule has 2 N–H and O–H groups in total. The van der Waals surface area contributed by atoms with Gasteiger partial charge in [0.25, 0.3) is 0 Å². The molecular weight excluding hydrogens is 325 g/mol. The van der Waals surface area contributed by atoms with Crippen LogP contribution in [0.15, 0.2) is 18.2 Å². The van der Waals surface area contributed by atoms with Gasteiger partial charge in [-0.1, -0.05) is 12.1 Å². The minimum Gasteiger partial charge on any atom is -0.491 e. The number of hydrogen-bond donors (Lipinski definition) is 2. The van der Waals surface area contributed by atoms with Crippen molar-refractivity contribution in [3.8, 4) is 5.75 Å². The fourth-order valence-electron chi connectivity index (χ4n) is 2.85. The Morgan fingerprint density at radius 3 is 2.92 bits per heavy atom. The zero-order valence-electron chi connectivity index (χ0n) is 15.0. The molecule has 3 rings (SSSR count). The van der Waals surface area contributed by atoms with E-state index in [2.05, 4.69) is 5.32 Å². The Labute approximate surface area is 147 Å². The molecule has 1 amide bonds. The SMILES string of the molecule is CC(C)(C)OC(=O)NCC1OB2OC(C)(CO)COc3cccc1c32. The predicted octanol–water partition coefficient (Wildman–Crippen LogP) is 1.14. The minimum absolute atomic E-state index is 0.184. The van der Waals surface area contributed by atoms with Gasteiger partial charge in [0.2, 0.25) is 0 Å². The highest BCUT2D eigenvalue weighted by Gasteiger charge is 2.46. The van der Waals surface area contributed by atoms with Gasteiger partial charge in [-0.2, -0.15) is 0 Å². The van der Waals surface area contributed by atoms with Gasteiger partial charge in [-0.25, -0.2) is 4.79 Å². The second kappa shape index (κ2) is 6.51. The summed E-state index contributed by atoms with van der Waals surface area (Å²) in [6, 6.07) is 5.65. The number of hydrogen-bond acceptors (Lipinski definition) is 6. The third-order valence-corrected chi connectivity index (χ3v) is 4.06. The highest BCUT2D eigenvalue weighted by molar-refractivity contribution is 6.64. The summed E-state index contributed by atoms with van der Waals surface area (Å²) in [6.07, 6.45) is -0.876. The lowest BCUT2D eigenvalue weighted by atomic mass is 9.77. The molecule has 1 aromatic carbocycles. The van der Waals surface area contributed by atoms with Crippen molar-refractivity contribution in [3.05, 3.63) is 23.8 Å². The van der Waals surface area contributed by atoms with Gasteiger partial charge in [-0.05, 0) is 39.3 Å². The van der Waals surface area contributed by atoms with Crippen LogP contribution in [0, 0.1) is 0 Å². The highest BCUT2D eigenvalue weighted by atomic mass is 16.6. The van der Waals surface area contributed by atoms with E-state index in [1.807, 2.05) is 39.0 Å². The zero-order chi connectivity index (χ0) is 18.2. The number of carbonyl (C=O) groups excluding carboxylic acids is 1. The quantitative estimate of drug-likeness (QED) is 0.796. The lowest BCUT2D eigenvalue weighted by Gasteiger charge is -2.27. The van der Waals surface area contributed by atoms with Crippen LogP contribution in [0.2, 0.25) is 0 Å². The maximum Gasteiger partial charge on any atom is 0.499 e. The highest BCUT2D eigenvalue weighted by Crippen LogP contribution is 2.32. The predicted molar refractivity (Wildman–Crippen MR) is 92.0 cm³/mol. The number of ether oxygens (including phenoxy) is 2. The number of rotatable bonds is 3. The molecule has 0 radical (unpaired) electrons. The molecule has 8 heteroatoms. The molecule has 2 heterocycles. The molecule has 25 heavy (non-hydrogen) atoms. The number of carbonyl (C=O) groups is 1. The van der Waals surface area contributed by atoms with Crippen LogP contribution in [-0.2, 0) is 14.0 Å². The molecule has 2 atom stereocenters. The first-order chi connectivity index (χ1) is 11.7. The summed E-state index contributed by atoms with van der Waals surface area (Å²) < 4.78 is 23.0. The van der Waals surface area contributed by atoms with E-state index in [0.29, 0.717) is 5.75 Å². The minimum atomic E-state index is -0.853. The van der Waals surface area contributed by atoms with Crippen molar-refractivity contribution < 1.29 is 28.7 Å². The Kier molecular flexibility index (Phi) is 4.70. The van der Waals surface area contributed by atoms with Crippen LogP contribution < -0.4 is 15.5 Å². The summed E-state index contributed by atoms with van der Waals surface area (Å²) in [4.78, 5) is 11.9. The normalized spacial score (nSPS) is 25.0. The van der Waals surface area contributed by atoms with Crippen LogP contribution in [0.25, 0.3) is 0 Å². The van der Waals surface area contributed by atoms with Gasteiger partial charge in [-0.15, -0.1) is 0 Å². The first-order valence-corrected chi connectivity index (χ1v) is 8.37. The number of alkyl carbamates (subject to hydrolysis) is 1. The van der Waals surface area contributed by atoms with Gasteiger partial charge in [0.15, 0.2) is 0 Å². The van der Waals surface area contributed by atoms with Crippen molar-refractivity contribution >= 4 is 18.7 Å². The number of aliphatic hydroxyl groups is 1. The van der Waals surface area contributed by atoms with E-state index in [1.54, 1.807) is 6.92 Å². The van der Waals surface area contributed by atoms with Crippen molar-refractivity contribution in [3.63, 3.8) is 0 Å². The Morgan fingerprint density at radius 2 is 2.24 bits per heavy atom. The van der Waals surface area contributed by atoms with Crippen LogP contribution >= 0.6 is 0 Å². The summed E-state index contributed by atoms with van der Waals surface area (Å²) in [5, 5.41) is 12.3. The molecule has 0 saturated heterocycles. The van der Waals surface area contributed by atoms with Crippen molar-refractivity contribution in [1.82, 2.24) is 5.32 Å². The topological polar surface area (TPSA) is 86.3 Å². The molecule has 0 fully saturated rings. The molecule has 0 bridgehead atoms. The molecule has 7 nitrogen and oxygen atoms in total. The van der Waals surface area contributed by atoms with E-state index in [1.165, 1.54) is 0 Å². The third-order valence-electron chi connectivity index (χ3n) is 4.06. The fraction of sp³-hybridized carbons (Fsp3) is 0.588. The molecule has 2 aliphatic heterocycles. The van der Waals surface area contributed by atoms with E-state index in [-0.39, 0.29) is 25.9 Å². The van der Waals surface area contributed by atoms with E-state index >= 15 is 0 Å². The van der Waals surface area contributed by atoms with Crippen LogP contribution in [0.5, 0.6) is 5.75 Å². The smallest absolute Gasteiger partial charge is 0.491 e. The summed E-state index contributed by atoms with van der Waals surface area (Å²) in [5.74, 6) is 0.680. The van der Waals surface area contributed by atoms with Crippen molar-refractivity contribution in [2.24, 2.45) is 0 Å². The van der Waals surface area contributed by atoms with E-state index in [9.17, 15) is 9.90 Å². The van der Waals surface area contributed by atoms with Gasteiger partial charge in [0, 0.05) is 12.0 Å². The molecule has 1 aromatic rings. The standard InChI is InChI=1S/C17H24BNO6/c1-16(2,3)23-15(21)19-8-13-11-6-5-7-12-14(11)18(24-13)25-17(4,9-20)10-22-12/h5-7,13,20H,8-10H2,1-4H3,(H,19,21). The zero-order valence-corrected chi connectivity index (χ0v) is 15.0. The number of amides is 1. The third kappa shape index (κ3) is 3.91. The lowest BCUT2D eigenvalue weighted by molar-refractivity contribution is -0.0270. The number of benzene rings is 1. The number of nitrogens with one attached hydrogen (secondary N) is 1. The maximum absolute atomic E-state index is 11.9. The Hall–Kier alpha value is -1.77. The molecule has 2 aliphatic rings. The summed E-state index contributed by atoms with van der Waals surface area (Å²) >= 11 is 0. The maximum atomic E-state index is 11.9. The first-order valence-electron chi connectivity index (χ1n) is 8.37. The summed E-state index contributed by atoms with van der Waals surface area (Å²) in [7, 11) is -0.642. The fourth-order valence-corrected chi connectivity index (χ4v) is 2.85. The molecule has 136 valence electrons.